The van der Waals surface area contributed by atoms with Crippen LogP contribution in [-0.4, -0.2) is 4.98 Å². The third kappa shape index (κ3) is 1.51. The average Bonchev–Trinajstić information content (AvgIpc) is 2.47. The van der Waals surface area contributed by atoms with Crippen molar-refractivity contribution in [3.05, 3.63) is 33.9 Å². The molecule has 0 aliphatic carbocycles. The third-order valence-electron chi connectivity index (χ3n) is 2.33. The van der Waals surface area contributed by atoms with Gasteiger partial charge in [-0.3, -0.25) is 0 Å². The molecule has 1 aromatic heterocycles. The van der Waals surface area contributed by atoms with Gasteiger partial charge in [-0.25, -0.2) is 0 Å². The Hall–Kier alpha value is -0.760. The molecule has 2 heteroatoms. The highest BCUT2D eigenvalue weighted by Crippen LogP contribution is 2.24. The molecule has 1 heterocycles. The highest BCUT2D eigenvalue weighted by Gasteiger charge is 2.02. The molecule has 0 spiro atoms. The van der Waals surface area contributed by atoms with Crippen molar-refractivity contribution in [3.8, 4) is 0 Å². The molecule has 1 aromatic carbocycles. The van der Waals surface area contributed by atoms with E-state index in [0.29, 0.717) is 0 Å². The predicted molar refractivity (Wildman–Crippen MR) is 60.1 cm³/mol. The smallest absolute Gasteiger partial charge is 0.0486 e. The second-order valence-corrected chi connectivity index (χ2v) is 4.25. The number of rotatable bonds is 1. The molecule has 0 fully saturated rings. The Labute approximate surface area is 86.3 Å². The number of hydrogen-bond donors (Lipinski definition) is 1. The normalized spacial score (nSPS) is 11.0. The molecule has 0 aliphatic heterocycles. The molecule has 0 aliphatic rings. The van der Waals surface area contributed by atoms with E-state index in [1.807, 2.05) is 0 Å². The molecule has 0 saturated carbocycles. The number of aromatic nitrogens is 1. The number of halogens is 1. The standard InChI is InChI=1S/C11H12BrN/c1-3-10-6-8-5-9(12)4-7(2)11(8)13-10/h4-6,13H,3H2,1-2H3. The van der Waals surface area contributed by atoms with Crippen LogP contribution in [-0.2, 0) is 6.42 Å². The highest BCUT2D eigenvalue weighted by molar-refractivity contribution is 9.10. The fraction of sp³-hybridized carbons (Fsp3) is 0.273. The average molecular weight is 238 g/mol. The first-order valence-corrected chi connectivity index (χ1v) is 5.27. The van der Waals surface area contributed by atoms with Gasteiger partial charge in [0.1, 0.15) is 0 Å². The number of aromatic amines is 1. The van der Waals surface area contributed by atoms with Crippen LogP contribution in [0.15, 0.2) is 22.7 Å². The van der Waals surface area contributed by atoms with Crippen molar-refractivity contribution >= 4 is 26.8 Å². The van der Waals surface area contributed by atoms with Crippen LogP contribution < -0.4 is 0 Å². The fourth-order valence-corrected chi connectivity index (χ4v) is 2.22. The second-order valence-electron chi connectivity index (χ2n) is 3.34. The molecule has 1 N–H and O–H groups in total. The van der Waals surface area contributed by atoms with Crippen molar-refractivity contribution in [1.29, 1.82) is 0 Å². The monoisotopic (exact) mass is 237 g/mol. The zero-order chi connectivity index (χ0) is 9.42. The summed E-state index contributed by atoms with van der Waals surface area (Å²) >= 11 is 3.50. The molecular formula is C11H12BrN. The lowest BCUT2D eigenvalue weighted by atomic mass is 10.2. The molecular weight excluding hydrogens is 226 g/mol. The first-order valence-electron chi connectivity index (χ1n) is 4.48. The van der Waals surface area contributed by atoms with Crippen LogP contribution in [0.1, 0.15) is 18.2 Å². The lowest BCUT2D eigenvalue weighted by Gasteiger charge is -1.96. The van der Waals surface area contributed by atoms with Gasteiger partial charge >= 0.3 is 0 Å². The van der Waals surface area contributed by atoms with Crippen LogP contribution in [0.3, 0.4) is 0 Å². The molecule has 0 radical (unpaired) electrons. The summed E-state index contributed by atoms with van der Waals surface area (Å²) in [6, 6.07) is 6.50. The maximum Gasteiger partial charge on any atom is 0.0486 e. The molecule has 0 amide bonds. The molecule has 0 bridgehead atoms. The zero-order valence-electron chi connectivity index (χ0n) is 7.82. The second kappa shape index (κ2) is 3.18. The van der Waals surface area contributed by atoms with Crippen LogP contribution in [0.2, 0.25) is 0 Å². The van der Waals surface area contributed by atoms with Crippen LogP contribution >= 0.6 is 15.9 Å². The molecule has 2 aromatic rings. The van der Waals surface area contributed by atoms with Gasteiger partial charge in [0.15, 0.2) is 0 Å². The van der Waals surface area contributed by atoms with E-state index in [1.165, 1.54) is 22.2 Å². The number of hydrogen-bond acceptors (Lipinski definition) is 0. The largest absolute Gasteiger partial charge is 0.358 e. The summed E-state index contributed by atoms with van der Waals surface area (Å²) in [6.07, 6.45) is 1.06. The molecule has 0 unspecified atom stereocenters. The van der Waals surface area contributed by atoms with Gasteiger partial charge in [0.2, 0.25) is 0 Å². The van der Waals surface area contributed by atoms with Crippen molar-refractivity contribution in [2.75, 3.05) is 0 Å². The lowest BCUT2D eigenvalue weighted by Crippen LogP contribution is -1.78. The number of aryl methyl sites for hydroxylation is 2. The van der Waals surface area contributed by atoms with Gasteiger partial charge in [-0.05, 0) is 37.1 Å². The zero-order valence-corrected chi connectivity index (χ0v) is 9.40. The number of benzene rings is 1. The Balaban J connectivity index is 2.75. The summed E-state index contributed by atoms with van der Waals surface area (Å²) in [6.45, 7) is 4.29. The van der Waals surface area contributed by atoms with Gasteiger partial charge in [0.25, 0.3) is 0 Å². The summed E-state index contributed by atoms with van der Waals surface area (Å²) in [5.41, 5.74) is 3.86. The van der Waals surface area contributed by atoms with Gasteiger partial charge in [-0.1, -0.05) is 22.9 Å². The minimum atomic E-state index is 1.06. The lowest BCUT2D eigenvalue weighted by molar-refractivity contribution is 1.07. The van der Waals surface area contributed by atoms with Crippen LogP contribution in [0.5, 0.6) is 0 Å². The fourth-order valence-electron chi connectivity index (χ4n) is 1.63. The van der Waals surface area contributed by atoms with E-state index in [-0.39, 0.29) is 0 Å². The molecule has 13 heavy (non-hydrogen) atoms. The van der Waals surface area contributed by atoms with Crippen molar-refractivity contribution in [2.24, 2.45) is 0 Å². The Morgan fingerprint density at radius 3 is 2.77 bits per heavy atom. The maximum atomic E-state index is 3.50. The Morgan fingerprint density at radius 1 is 1.31 bits per heavy atom. The highest BCUT2D eigenvalue weighted by atomic mass is 79.9. The van der Waals surface area contributed by atoms with Gasteiger partial charge in [-0.2, -0.15) is 0 Å². The SMILES string of the molecule is CCc1cc2cc(Br)cc(C)c2[nH]1. The van der Waals surface area contributed by atoms with Crippen molar-refractivity contribution in [1.82, 2.24) is 4.98 Å². The number of fused-ring (bicyclic) bond motifs is 1. The van der Waals surface area contributed by atoms with E-state index in [9.17, 15) is 0 Å². The molecule has 2 rings (SSSR count). The van der Waals surface area contributed by atoms with Crippen LogP contribution in [0, 0.1) is 6.92 Å². The van der Waals surface area contributed by atoms with E-state index in [1.54, 1.807) is 0 Å². The van der Waals surface area contributed by atoms with E-state index in [2.05, 4.69) is 53.0 Å². The third-order valence-corrected chi connectivity index (χ3v) is 2.78. The number of nitrogens with one attached hydrogen (secondary N) is 1. The minimum absolute atomic E-state index is 1.06. The predicted octanol–water partition coefficient (Wildman–Crippen LogP) is 3.80. The van der Waals surface area contributed by atoms with Gasteiger partial charge in [0.05, 0.1) is 0 Å². The van der Waals surface area contributed by atoms with E-state index in [4.69, 9.17) is 0 Å². The first kappa shape index (κ1) is 8.82. The summed E-state index contributed by atoms with van der Waals surface area (Å²) in [7, 11) is 0. The van der Waals surface area contributed by atoms with Crippen LogP contribution in [0.25, 0.3) is 10.9 Å². The Kier molecular flexibility index (Phi) is 2.16. The van der Waals surface area contributed by atoms with Gasteiger partial charge in [0, 0.05) is 21.1 Å². The summed E-state index contributed by atoms with van der Waals surface area (Å²) in [5, 5.41) is 1.30. The maximum absolute atomic E-state index is 3.50. The van der Waals surface area contributed by atoms with Crippen molar-refractivity contribution < 1.29 is 0 Å². The van der Waals surface area contributed by atoms with E-state index >= 15 is 0 Å². The minimum Gasteiger partial charge on any atom is -0.358 e. The quantitative estimate of drug-likeness (QED) is 0.777. The van der Waals surface area contributed by atoms with Crippen molar-refractivity contribution in [3.63, 3.8) is 0 Å². The molecule has 68 valence electrons. The van der Waals surface area contributed by atoms with E-state index < -0.39 is 0 Å². The summed E-state index contributed by atoms with van der Waals surface area (Å²) in [5.74, 6) is 0. The van der Waals surface area contributed by atoms with E-state index in [0.717, 1.165) is 10.9 Å². The molecule has 0 saturated heterocycles. The summed E-state index contributed by atoms with van der Waals surface area (Å²) < 4.78 is 1.15. The van der Waals surface area contributed by atoms with Gasteiger partial charge in [-0.15, -0.1) is 0 Å². The number of H-pyrrole nitrogens is 1. The first-order chi connectivity index (χ1) is 6.20. The summed E-state index contributed by atoms with van der Waals surface area (Å²) in [4.78, 5) is 3.42. The molecule has 0 atom stereocenters. The van der Waals surface area contributed by atoms with Crippen molar-refractivity contribution in [2.45, 2.75) is 20.3 Å². The Morgan fingerprint density at radius 2 is 2.08 bits per heavy atom. The molecule has 1 nitrogen and oxygen atoms in total. The topological polar surface area (TPSA) is 15.8 Å². The van der Waals surface area contributed by atoms with Crippen LogP contribution in [0.4, 0.5) is 0 Å². The van der Waals surface area contributed by atoms with Gasteiger partial charge < -0.3 is 4.98 Å². The Bertz CT molecular complexity index is 443.